The van der Waals surface area contributed by atoms with Crippen molar-refractivity contribution in [3.05, 3.63) is 42.3 Å². The maximum absolute atomic E-state index is 12.2. The zero-order chi connectivity index (χ0) is 13.0. The summed E-state index contributed by atoms with van der Waals surface area (Å²) < 4.78 is 26.0. The first-order valence-corrected chi connectivity index (χ1v) is 7.87. The molecule has 0 radical (unpaired) electrons. The number of sulfonamides is 1. The van der Waals surface area contributed by atoms with Crippen LogP contribution in [0.25, 0.3) is 0 Å². The van der Waals surface area contributed by atoms with Crippen LogP contribution in [0.3, 0.4) is 0 Å². The molecule has 1 fully saturated rings. The van der Waals surface area contributed by atoms with Gasteiger partial charge < -0.3 is 0 Å². The van der Waals surface area contributed by atoms with Crippen molar-refractivity contribution in [2.45, 2.75) is 38.1 Å². The zero-order valence-corrected chi connectivity index (χ0v) is 11.3. The van der Waals surface area contributed by atoms with E-state index >= 15 is 0 Å². The van der Waals surface area contributed by atoms with Gasteiger partial charge in [0.05, 0.1) is 5.69 Å². The van der Waals surface area contributed by atoms with Crippen LogP contribution in [0.5, 0.6) is 0 Å². The lowest BCUT2D eigenvalue weighted by Crippen LogP contribution is -2.40. The molecular weight excluding hydrogens is 246 g/mol. The first-order chi connectivity index (χ1) is 8.65. The summed E-state index contributed by atoms with van der Waals surface area (Å²) in [5, 5.41) is 1.05. The normalized spacial score (nSPS) is 17.3. The molecule has 18 heavy (non-hydrogen) atoms. The number of para-hydroxylation sites is 1. The third-order valence-electron chi connectivity index (χ3n) is 3.40. The lowest BCUT2D eigenvalue weighted by atomic mass is 9.95. The molecule has 1 saturated carbocycles. The van der Waals surface area contributed by atoms with E-state index in [2.05, 4.69) is 6.58 Å². The van der Waals surface area contributed by atoms with Crippen LogP contribution in [0.15, 0.2) is 42.3 Å². The number of rotatable bonds is 4. The molecule has 0 aliphatic heterocycles. The van der Waals surface area contributed by atoms with Gasteiger partial charge in [0.25, 0.3) is 10.0 Å². The monoisotopic (exact) mass is 265 g/mol. The van der Waals surface area contributed by atoms with Gasteiger partial charge in [-0.3, -0.25) is 4.31 Å². The number of hydrogen-bond donors (Lipinski definition) is 0. The van der Waals surface area contributed by atoms with E-state index in [1.807, 2.05) is 30.3 Å². The summed E-state index contributed by atoms with van der Waals surface area (Å²) in [6.45, 7) is 3.44. The van der Waals surface area contributed by atoms with E-state index in [9.17, 15) is 8.42 Å². The lowest BCUT2D eigenvalue weighted by molar-refractivity contribution is 0.439. The predicted octanol–water partition coefficient (Wildman–Crippen LogP) is 3.30. The molecule has 0 saturated heterocycles. The fourth-order valence-electron chi connectivity index (χ4n) is 2.54. The summed E-state index contributed by atoms with van der Waals surface area (Å²) in [7, 11) is -3.42. The van der Waals surface area contributed by atoms with E-state index in [0.29, 0.717) is 0 Å². The van der Waals surface area contributed by atoms with Crippen molar-refractivity contribution >= 4 is 15.7 Å². The minimum atomic E-state index is -3.42. The van der Waals surface area contributed by atoms with Crippen molar-refractivity contribution in [1.82, 2.24) is 0 Å². The molecule has 0 amide bonds. The van der Waals surface area contributed by atoms with Crippen LogP contribution in [-0.2, 0) is 10.0 Å². The van der Waals surface area contributed by atoms with E-state index in [0.717, 1.165) is 36.8 Å². The lowest BCUT2D eigenvalue weighted by Gasteiger charge is -2.34. The highest BCUT2D eigenvalue weighted by Crippen LogP contribution is 2.30. The molecule has 1 aliphatic rings. The second-order valence-corrected chi connectivity index (χ2v) is 6.39. The maximum Gasteiger partial charge on any atom is 0.257 e. The molecule has 98 valence electrons. The average molecular weight is 265 g/mol. The van der Waals surface area contributed by atoms with E-state index < -0.39 is 10.0 Å². The van der Waals surface area contributed by atoms with Crippen molar-refractivity contribution in [2.24, 2.45) is 0 Å². The van der Waals surface area contributed by atoms with Crippen LogP contribution in [-0.4, -0.2) is 14.5 Å². The largest absolute Gasteiger partial charge is 0.264 e. The van der Waals surface area contributed by atoms with Crippen LogP contribution in [0, 0.1) is 0 Å². The molecule has 1 aromatic rings. The van der Waals surface area contributed by atoms with Gasteiger partial charge in [-0.05, 0) is 25.0 Å². The fourth-order valence-corrected chi connectivity index (χ4v) is 3.74. The standard InChI is InChI=1S/C14H19NO2S/c1-2-18(16,17)15(13-9-5-3-6-10-13)14-11-7-4-8-12-14/h2-3,5-6,9-10,14H,1,4,7-8,11-12H2. The average Bonchev–Trinajstić information content (AvgIpc) is 2.41. The Kier molecular flexibility index (Phi) is 4.07. The Labute approximate surface area is 109 Å². The second-order valence-electron chi connectivity index (χ2n) is 4.63. The first kappa shape index (κ1) is 13.1. The Hall–Kier alpha value is -1.29. The predicted molar refractivity (Wildman–Crippen MR) is 74.9 cm³/mol. The summed E-state index contributed by atoms with van der Waals surface area (Å²) in [5.74, 6) is 0. The minimum Gasteiger partial charge on any atom is -0.264 e. The van der Waals surface area contributed by atoms with Gasteiger partial charge in [-0.25, -0.2) is 8.42 Å². The van der Waals surface area contributed by atoms with Crippen molar-refractivity contribution in [1.29, 1.82) is 0 Å². The van der Waals surface area contributed by atoms with Gasteiger partial charge in [0.1, 0.15) is 0 Å². The van der Waals surface area contributed by atoms with Gasteiger partial charge in [-0.1, -0.05) is 44.0 Å². The fraction of sp³-hybridized carbons (Fsp3) is 0.429. The molecule has 1 aliphatic carbocycles. The summed E-state index contributed by atoms with van der Waals surface area (Å²) in [6, 6.07) is 9.38. The Morgan fingerprint density at radius 2 is 1.72 bits per heavy atom. The highest BCUT2D eigenvalue weighted by Gasteiger charge is 2.29. The van der Waals surface area contributed by atoms with Gasteiger partial charge in [-0.15, -0.1) is 0 Å². The summed E-state index contributed by atoms with van der Waals surface area (Å²) in [4.78, 5) is 0. The Balaban J connectivity index is 2.37. The van der Waals surface area contributed by atoms with Crippen molar-refractivity contribution < 1.29 is 8.42 Å². The molecule has 4 heteroatoms. The molecule has 0 bridgehead atoms. The molecule has 0 atom stereocenters. The number of nitrogens with zero attached hydrogens (tertiary/aromatic N) is 1. The molecule has 0 spiro atoms. The SMILES string of the molecule is C=CS(=O)(=O)N(c1ccccc1)C1CCCCC1. The van der Waals surface area contributed by atoms with E-state index in [1.165, 1.54) is 6.42 Å². The minimum absolute atomic E-state index is 0.0733. The molecule has 2 rings (SSSR count). The van der Waals surface area contributed by atoms with Gasteiger partial charge in [-0.2, -0.15) is 0 Å². The second kappa shape index (κ2) is 5.57. The molecule has 0 aromatic heterocycles. The molecule has 0 heterocycles. The van der Waals surface area contributed by atoms with Crippen LogP contribution in [0.1, 0.15) is 32.1 Å². The molecule has 0 unspecified atom stereocenters. The van der Waals surface area contributed by atoms with Gasteiger partial charge >= 0.3 is 0 Å². The van der Waals surface area contributed by atoms with Crippen molar-refractivity contribution in [3.8, 4) is 0 Å². The van der Waals surface area contributed by atoms with Crippen LogP contribution in [0.2, 0.25) is 0 Å². The third kappa shape index (κ3) is 2.75. The smallest absolute Gasteiger partial charge is 0.257 e. The molecule has 1 aromatic carbocycles. The van der Waals surface area contributed by atoms with Crippen LogP contribution < -0.4 is 4.31 Å². The quantitative estimate of drug-likeness (QED) is 0.837. The van der Waals surface area contributed by atoms with Gasteiger partial charge in [0.2, 0.25) is 0 Å². The van der Waals surface area contributed by atoms with Gasteiger partial charge in [0.15, 0.2) is 0 Å². The van der Waals surface area contributed by atoms with Crippen LogP contribution in [0.4, 0.5) is 5.69 Å². The van der Waals surface area contributed by atoms with Gasteiger partial charge in [0, 0.05) is 11.4 Å². The van der Waals surface area contributed by atoms with E-state index in [-0.39, 0.29) is 6.04 Å². The maximum atomic E-state index is 12.2. The van der Waals surface area contributed by atoms with E-state index in [4.69, 9.17) is 0 Å². The first-order valence-electron chi connectivity index (χ1n) is 6.37. The highest BCUT2D eigenvalue weighted by molar-refractivity contribution is 7.95. The Morgan fingerprint density at radius 3 is 2.28 bits per heavy atom. The number of benzene rings is 1. The number of anilines is 1. The molecule has 3 nitrogen and oxygen atoms in total. The van der Waals surface area contributed by atoms with E-state index in [1.54, 1.807) is 4.31 Å². The summed E-state index contributed by atoms with van der Waals surface area (Å²) in [6.07, 6.45) is 5.26. The Morgan fingerprint density at radius 1 is 1.11 bits per heavy atom. The summed E-state index contributed by atoms with van der Waals surface area (Å²) in [5.41, 5.74) is 0.740. The topological polar surface area (TPSA) is 37.4 Å². The summed E-state index contributed by atoms with van der Waals surface area (Å²) >= 11 is 0. The molecular formula is C14H19NO2S. The zero-order valence-electron chi connectivity index (χ0n) is 10.5. The van der Waals surface area contributed by atoms with Crippen molar-refractivity contribution in [3.63, 3.8) is 0 Å². The molecule has 0 N–H and O–H groups in total. The highest BCUT2D eigenvalue weighted by atomic mass is 32.2. The number of hydrogen-bond acceptors (Lipinski definition) is 2. The Bertz CT molecular complexity index is 490. The third-order valence-corrected chi connectivity index (χ3v) is 4.88. The van der Waals surface area contributed by atoms with Crippen molar-refractivity contribution in [2.75, 3.05) is 4.31 Å². The van der Waals surface area contributed by atoms with Crippen LogP contribution >= 0.6 is 0 Å².